The summed E-state index contributed by atoms with van der Waals surface area (Å²) in [5.74, 6) is 1.84. The predicted molar refractivity (Wildman–Crippen MR) is 55.8 cm³/mol. The van der Waals surface area contributed by atoms with E-state index >= 15 is 0 Å². The van der Waals surface area contributed by atoms with Gasteiger partial charge in [-0.3, -0.25) is 0 Å². The fourth-order valence-electron chi connectivity index (χ4n) is 1.54. The molecule has 0 spiro atoms. The zero-order chi connectivity index (χ0) is 9.97. The van der Waals surface area contributed by atoms with Crippen LogP contribution in [0.1, 0.15) is 31.2 Å². The molecule has 1 unspecified atom stereocenters. The first kappa shape index (κ1) is 9.59. The first-order valence-corrected chi connectivity index (χ1v) is 5.29. The Labute approximate surface area is 84.8 Å². The van der Waals surface area contributed by atoms with Crippen molar-refractivity contribution in [3.05, 3.63) is 23.8 Å². The molecule has 1 aliphatic carbocycles. The minimum Gasteiger partial charge on any atom is -0.328 e. The lowest BCUT2D eigenvalue weighted by Crippen LogP contribution is -2.18. The van der Waals surface area contributed by atoms with Gasteiger partial charge in [0, 0.05) is 24.9 Å². The smallest absolute Gasteiger partial charge is 0.128 e. The standard InChI is InChI=1S/C11H17N3/c1-8(12)4-10-6-13-11(14-7-10)5-9-2-3-9/h6-9H,2-5,12H2,1H3. The van der Waals surface area contributed by atoms with Gasteiger partial charge >= 0.3 is 0 Å². The maximum atomic E-state index is 5.70. The molecule has 76 valence electrons. The molecule has 1 atom stereocenters. The van der Waals surface area contributed by atoms with Crippen molar-refractivity contribution in [2.75, 3.05) is 0 Å². The van der Waals surface area contributed by atoms with Crippen LogP contribution in [-0.2, 0) is 12.8 Å². The van der Waals surface area contributed by atoms with Gasteiger partial charge in [0.1, 0.15) is 5.82 Å². The van der Waals surface area contributed by atoms with Gasteiger partial charge in [0.05, 0.1) is 0 Å². The van der Waals surface area contributed by atoms with Crippen LogP contribution < -0.4 is 5.73 Å². The van der Waals surface area contributed by atoms with E-state index in [9.17, 15) is 0 Å². The van der Waals surface area contributed by atoms with Crippen LogP contribution in [0, 0.1) is 5.92 Å². The lowest BCUT2D eigenvalue weighted by atomic mass is 10.1. The van der Waals surface area contributed by atoms with E-state index in [-0.39, 0.29) is 6.04 Å². The van der Waals surface area contributed by atoms with E-state index in [0.717, 1.165) is 30.1 Å². The third kappa shape index (κ3) is 2.77. The number of aromatic nitrogens is 2. The second-order valence-corrected chi connectivity index (χ2v) is 4.34. The molecule has 1 aromatic rings. The molecule has 0 bridgehead atoms. The molecule has 1 heterocycles. The van der Waals surface area contributed by atoms with Crippen molar-refractivity contribution in [1.29, 1.82) is 0 Å². The Balaban J connectivity index is 1.94. The van der Waals surface area contributed by atoms with Gasteiger partial charge in [-0.05, 0) is 37.7 Å². The summed E-state index contributed by atoms with van der Waals surface area (Å²) in [5, 5.41) is 0. The van der Waals surface area contributed by atoms with Crippen molar-refractivity contribution in [1.82, 2.24) is 9.97 Å². The van der Waals surface area contributed by atoms with Crippen LogP contribution >= 0.6 is 0 Å². The molecule has 3 nitrogen and oxygen atoms in total. The minimum absolute atomic E-state index is 0.188. The van der Waals surface area contributed by atoms with Crippen LogP contribution in [-0.4, -0.2) is 16.0 Å². The third-order valence-electron chi connectivity index (χ3n) is 2.48. The number of hydrogen-bond donors (Lipinski definition) is 1. The summed E-state index contributed by atoms with van der Waals surface area (Å²) in [4.78, 5) is 8.69. The van der Waals surface area contributed by atoms with Crippen LogP contribution in [0.5, 0.6) is 0 Å². The Hall–Kier alpha value is -0.960. The van der Waals surface area contributed by atoms with E-state index in [1.54, 1.807) is 0 Å². The lowest BCUT2D eigenvalue weighted by Gasteiger charge is -2.04. The van der Waals surface area contributed by atoms with Crippen LogP contribution in [0.3, 0.4) is 0 Å². The zero-order valence-corrected chi connectivity index (χ0v) is 8.61. The molecule has 1 saturated carbocycles. The second kappa shape index (κ2) is 4.05. The van der Waals surface area contributed by atoms with Crippen molar-refractivity contribution in [3.63, 3.8) is 0 Å². The van der Waals surface area contributed by atoms with Crippen LogP contribution in [0.15, 0.2) is 12.4 Å². The summed E-state index contributed by atoms with van der Waals surface area (Å²) in [5.41, 5.74) is 6.84. The van der Waals surface area contributed by atoms with Gasteiger partial charge < -0.3 is 5.73 Å². The first-order valence-electron chi connectivity index (χ1n) is 5.29. The summed E-state index contributed by atoms with van der Waals surface area (Å²) in [6.45, 7) is 2.00. The summed E-state index contributed by atoms with van der Waals surface area (Å²) in [7, 11) is 0. The van der Waals surface area contributed by atoms with Gasteiger partial charge in [0.2, 0.25) is 0 Å². The fraction of sp³-hybridized carbons (Fsp3) is 0.636. The van der Waals surface area contributed by atoms with Crippen LogP contribution in [0.25, 0.3) is 0 Å². The maximum absolute atomic E-state index is 5.70. The molecule has 2 rings (SSSR count). The summed E-state index contributed by atoms with van der Waals surface area (Å²) in [6.07, 6.45) is 8.44. The summed E-state index contributed by atoms with van der Waals surface area (Å²) in [6, 6.07) is 0.188. The molecular weight excluding hydrogens is 174 g/mol. The highest BCUT2D eigenvalue weighted by Gasteiger charge is 2.22. The van der Waals surface area contributed by atoms with Gasteiger partial charge in [-0.15, -0.1) is 0 Å². The third-order valence-corrected chi connectivity index (χ3v) is 2.48. The highest BCUT2D eigenvalue weighted by atomic mass is 14.9. The molecule has 0 aliphatic heterocycles. The Kier molecular flexibility index (Phi) is 2.77. The molecule has 3 heteroatoms. The Morgan fingerprint density at radius 1 is 1.43 bits per heavy atom. The van der Waals surface area contributed by atoms with Crippen molar-refractivity contribution >= 4 is 0 Å². The molecule has 0 aromatic carbocycles. The molecule has 0 saturated heterocycles. The number of rotatable bonds is 4. The van der Waals surface area contributed by atoms with Gasteiger partial charge in [0.15, 0.2) is 0 Å². The number of nitrogens with zero attached hydrogens (tertiary/aromatic N) is 2. The Bertz CT molecular complexity index is 265. The molecule has 2 N–H and O–H groups in total. The van der Waals surface area contributed by atoms with Crippen molar-refractivity contribution in [2.24, 2.45) is 11.7 Å². The number of nitrogens with two attached hydrogens (primary N) is 1. The van der Waals surface area contributed by atoms with Gasteiger partial charge in [-0.1, -0.05) is 0 Å². The van der Waals surface area contributed by atoms with E-state index in [1.165, 1.54) is 12.8 Å². The van der Waals surface area contributed by atoms with E-state index in [2.05, 4.69) is 9.97 Å². The second-order valence-electron chi connectivity index (χ2n) is 4.34. The van der Waals surface area contributed by atoms with E-state index in [0.29, 0.717) is 0 Å². The SMILES string of the molecule is CC(N)Cc1cnc(CC2CC2)nc1. The molecule has 1 aromatic heterocycles. The Morgan fingerprint density at radius 2 is 2.07 bits per heavy atom. The first-order chi connectivity index (χ1) is 6.74. The predicted octanol–water partition coefficient (Wildman–Crippen LogP) is 1.32. The van der Waals surface area contributed by atoms with Gasteiger partial charge in [-0.25, -0.2) is 9.97 Å². The van der Waals surface area contributed by atoms with Crippen molar-refractivity contribution in [2.45, 2.75) is 38.6 Å². The fourth-order valence-corrected chi connectivity index (χ4v) is 1.54. The van der Waals surface area contributed by atoms with E-state index < -0.39 is 0 Å². The molecular formula is C11H17N3. The average Bonchev–Trinajstić information content (AvgIpc) is 2.91. The average molecular weight is 191 g/mol. The molecule has 0 radical (unpaired) electrons. The highest BCUT2D eigenvalue weighted by Crippen LogP contribution is 2.31. The molecule has 14 heavy (non-hydrogen) atoms. The number of hydrogen-bond acceptors (Lipinski definition) is 3. The van der Waals surface area contributed by atoms with Gasteiger partial charge in [-0.2, -0.15) is 0 Å². The molecule has 1 fully saturated rings. The zero-order valence-electron chi connectivity index (χ0n) is 8.61. The topological polar surface area (TPSA) is 51.8 Å². The normalized spacial score (nSPS) is 18.1. The van der Waals surface area contributed by atoms with E-state index in [1.807, 2.05) is 19.3 Å². The van der Waals surface area contributed by atoms with Crippen molar-refractivity contribution in [3.8, 4) is 0 Å². The van der Waals surface area contributed by atoms with E-state index in [4.69, 9.17) is 5.73 Å². The summed E-state index contributed by atoms with van der Waals surface area (Å²) >= 11 is 0. The van der Waals surface area contributed by atoms with Crippen LogP contribution in [0.2, 0.25) is 0 Å². The lowest BCUT2D eigenvalue weighted by molar-refractivity contribution is 0.719. The Morgan fingerprint density at radius 3 is 2.57 bits per heavy atom. The molecule has 0 amide bonds. The van der Waals surface area contributed by atoms with Gasteiger partial charge in [0.25, 0.3) is 0 Å². The quantitative estimate of drug-likeness (QED) is 0.781. The van der Waals surface area contributed by atoms with Crippen LogP contribution in [0.4, 0.5) is 0 Å². The largest absolute Gasteiger partial charge is 0.328 e. The van der Waals surface area contributed by atoms with Crippen molar-refractivity contribution < 1.29 is 0 Å². The minimum atomic E-state index is 0.188. The highest BCUT2D eigenvalue weighted by molar-refractivity contribution is 5.07. The summed E-state index contributed by atoms with van der Waals surface area (Å²) < 4.78 is 0. The molecule has 1 aliphatic rings. The maximum Gasteiger partial charge on any atom is 0.128 e. The monoisotopic (exact) mass is 191 g/mol.